The minimum atomic E-state index is -0.287. The third-order valence-corrected chi connectivity index (χ3v) is 2.00. The van der Waals surface area contributed by atoms with Gasteiger partial charge in [0.1, 0.15) is 0 Å². The molecule has 17 heavy (non-hydrogen) atoms. The van der Waals surface area contributed by atoms with Gasteiger partial charge in [0.15, 0.2) is 0 Å². The zero-order chi connectivity index (χ0) is 13.3. The number of ether oxygens (including phenoxy) is 1. The Morgan fingerprint density at radius 2 is 1.88 bits per heavy atom. The van der Waals surface area contributed by atoms with E-state index in [0.717, 1.165) is 5.56 Å². The molecule has 0 aliphatic heterocycles. The van der Waals surface area contributed by atoms with E-state index >= 15 is 0 Å². The van der Waals surface area contributed by atoms with Gasteiger partial charge in [-0.15, -0.1) is 0 Å². The number of hydrogen-bond acceptors (Lipinski definition) is 3. The van der Waals surface area contributed by atoms with Crippen molar-refractivity contribution in [2.24, 2.45) is 11.7 Å². The predicted octanol–water partition coefficient (Wildman–Crippen LogP) is 2.98. The predicted molar refractivity (Wildman–Crippen MR) is 70.8 cm³/mol. The van der Waals surface area contributed by atoms with E-state index in [1.54, 1.807) is 6.07 Å². The lowest BCUT2D eigenvalue weighted by Crippen LogP contribution is -2.13. The minimum absolute atomic E-state index is 0.287. The van der Waals surface area contributed by atoms with Crippen molar-refractivity contribution < 1.29 is 9.53 Å². The average Bonchev–Trinajstić information content (AvgIpc) is 2.38. The number of esters is 1. The van der Waals surface area contributed by atoms with Crippen LogP contribution in [0.3, 0.4) is 0 Å². The van der Waals surface area contributed by atoms with Crippen LogP contribution < -0.4 is 5.73 Å². The molecule has 0 amide bonds. The van der Waals surface area contributed by atoms with E-state index < -0.39 is 0 Å². The van der Waals surface area contributed by atoms with Crippen molar-refractivity contribution in [2.75, 3.05) is 6.61 Å². The second-order valence-corrected chi connectivity index (χ2v) is 3.85. The average molecular weight is 237 g/mol. The summed E-state index contributed by atoms with van der Waals surface area (Å²) < 4.78 is 5.14. The van der Waals surface area contributed by atoms with Gasteiger partial charge in [0.25, 0.3) is 0 Å². The van der Waals surface area contributed by atoms with Crippen molar-refractivity contribution in [1.82, 2.24) is 0 Å². The van der Waals surface area contributed by atoms with Gasteiger partial charge in [-0.2, -0.15) is 0 Å². The molecule has 1 aromatic rings. The molecule has 0 spiro atoms. The van der Waals surface area contributed by atoms with E-state index in [0.29, 0.717) is 24.6 Å². The quantitative estimate of drug-likeness (QED) is 0.819. The summed E-state index contributed by atoms with van der Waals surface area (Å²) in [4.78, 5) is 11.7. The molecule has 0 saturated carbocycles. The van der Waals surface area contributed by atoms with E-state index in [2.05, 4.69) is 0 Å². The normalized spacial score (nSPS) is 9.53. The smallest absolute Gasteiger partial charge is 0.338 e. The molecule has 0 atom stereocenters. The lowest BCUT2D eigenvalue weighted by atomic mass is 10.1. The fourth-order valence-corrected chi connectivity index (χ4v) is 1.22. The Bertz CT molecular complexity index is 335. The minimum Gasteiger partial charge on any atom is -0.462 e. The van der Waals surface area contributed by atoms with Gasteiger partial charge in [0, 0.05) is 6.54 Å². The first-order valence-corrected chi connectivity index (χ1v) is 6.10. The Hall–Kier alpha value is -1.35. The molecule has 2 N–H and O–H groups in total. The van der Waals surface area contributed by atoms with Crippen LogP contribution in [0.2, 0.25) is 0 Å². The Morgan fingerprint density at radius 1 is 1.29 bits per heavy atom. The summed E-state index contributed by atoms with van der Waals surface area (Å²) in [7, 11) is 0. The zero-order valence-corrected chi connectivity index (χ0v) is 11.2. The maximum Gasteiger partial charge on any atom is 0.338 e. The van der Waals surface area contributed by atoms with Crippen LogP contribution in [-0.4, -0.2) is 12.6 Å². The molecule has 1 aromatic carbocycles. The van der Waals surface area contributed by atoms with Crippen molar-refractivity contribution in [3.8, 4) is 0 Å². The summed E-state index contributed by atoms with van der Waals surface area (Å²) in [6, 6.07) is 7.25. The monoisotopic (exact) mass is 237 g/mol. The molecule has 1 rings (SSSR count). The number of benzene rings is 1. The molecule has 0 fully saturated rings. The largest absolute Gasteiger partial charge is 0.462 e. The molecule has 0 bridgehead atoms. The maximum atomic E-state index is 11.7. The van der Waals surface area contributed by atoms with Crippen molar-refractivity contribution >= 4 is 5.97 Å². The van der Waals surface area contributed by atoms with Crippen LogP contribution in [0.5, 0.6) is 0 Å². The summed E-state index contributed by atoms with van der Waals surface area (Å²) in [5.41, 5.74) is 6.93. The molecule has 0 heterocycles. The second kappa shape index (κ2) is 8.76. The van der Waals surface area contributed by atoms with Gasteiger partial charge in [-0.25, -0.2) is 4.79 Å². The molecule has 0 aliphatic rings. The van der Waals surface area contributed by atoms with Crippen LogP contribution in [0.15, 0.2) is 24.3 Å². The molecular weight excluding hydrogens is 214 g/mol. The first-order chi connectivity index (χ1) is 8.15. The highest BCUT2D eigenvalue weighted by molar-refractivity contribution is 5.91. The number of hydrogen-bond donors (Lipinski definition) is 1. The number of nitrogens with two attached hydrogens (primary N) is 1. The maximum absolute atomic E-state index is 11.7. The number of rotatable bonds is 4. The summed E-state index contributed by atoms with van der Waals surface area (Å²) in [6.45, 7) is 8.80. The van der Waals surface area contributed by atoms with E-state index in [1.165, 1.54) is 0 Å². The first kappa shape index (κ1) is 15.7. The summed E-state index contributed by atoms with van der Waals surface area (Å²) in [5, 5.41) is 0. The van der Waals surface area contributed by atoms with Gasteiger partial charge in [-0.05, 0) is 17.5 Å². The highest BCUT2D eigenvalue weighted by Crippen LogP contribution is 2.10. The van der Waals surface area contributed by atoms with Crippen LogP contribution in [-0.2, 0) is 11.3 Å². The Labute approximate surface area is 104 Å². The van der Waals surface area contributed by atoms with Crippen molar-refractivity contribution in [1.29, 1.82) is 0 Å². The van der Waals surface area contributed by atoms with E-state index in [9.17, 15) is 4.79 Å². The summed E-state index contributed by atoms with van der Waals surface area (Å²) in [5.74, 6) is 0.0590. The molecule has 3 nitrogen and oxygen atoms in total. The Kier molecular flexibility index (Phi) is 8.07. The van der Waals surface area contributed by atoms with Crippen LogP contribution in [0, 0.1) is 5.92 Å². The highest BCUT2D eigenvalue weighted by atomic mass is 16.5. The zero-order valence-electron chi connectivity index (χ0n) is 11.2. The van der Waals surface area contributed by atoms with E-state index in [1.807, 2.05) is 45.9 Å². The van der Waals surface area contributed by atoms with E-state index in [4.69, 9.17) is 10.5 Å². The van der Waals surface area contributed by atoms with Gasteiger partial charge in [-0.3, -0.25) is 0 Å². The molecule has 0 aliphatic carbocycles. The topological polar surface area (TPSA) is 52.3 Å². The lowest BCUT2D eigenvalue weighted by molar-refractivity contribution is 0.0457. The molecule has 0 aromatic heterocycles. The van der Waals surface area contributed by atoms with E-state index in [-0.39, 0.29) is 5.97 Å². The highest BCUT2D eigenvalue weighted by Gasteiger charge is 2.11. The second-order valence-electron chi connectivity index (χ2n) is 3.85. The molecule has 0 saturated heterocycles. The van der Waals surface area contributed by atoms with Gasteiger partial charge in [0.05, 0.1) is 12.2 Å². The number of carbonyl (C=O) groups is 1. The Morgan fingerprint density at radius 3 is 2.41 bits per heavy atom. The standard InChI is InChI=1S/C12H17NO2.C2H6/c1-9(2)8-15-12(14)11-6-4-3-5-10(11)7-13;1-2/h3-6,9H,7-8,13H2,1-2H3;1-2H3. The van der Waals surface area contributed by atoms with Crippen LogP contribution in [0.4, 0.5) is 0 Å². The third kappa shape index (κ3) is 5.50. The summed E-state index contributed by atoms with van der Waals surface area (Å²) in [6.07, 6.45) is 0. The molecule has 0 unspecified atom stereocenters. The lowest BCUT2D eigenvalue weighted by Gasteiger charge is -2.09. The third-order valence-electron chi connectivity index (χ3n) is 2.00. The molecule has 96 valence electrons. The van der Waals surface area contributed by atoms with Gasteiger partial charge >= 0.3 is 5.97 Å². The number of carbonyl (C=O) groups excluding carboxylic acids is 1. The van der Waals surface area contributed by atoms with Gasteiger partial charge in [0.2, 0.25) is 0 Å². The fourth-order valence-electron chi connectivity index (χ4n) is 1.22. The van der Waals surface area contributed by atoms with Crippen molar-refractivity contribution in [3.63, 3.8) is 0 Å². The Balaban J connectivity index is 0.00000121. The van der Waals surface area contributed by atoms with Crippen LogP contribution in [0.1, 0.15) is 43.6 Å². The van der Waals surface area contributed by atoms with Crippen LogP contribution in [0.25, 0.3) is 0 Å². The van der Waals surface area contributed by atoms with Crippen molar-refractivity contribution in [3.05, 3.63) is 35.4 Å². The molecule has 0 radical (unpaired) electrons. The van der Waals surface area contributed by atoms with Crippen LogP contribution >= 0.6 is 0 Å². The molecular formula is C14H23NO2. The first-order valence-electron chi connectivity index (χ1n) is 6.10. The SMILES string of the molecule is CC.CC(C)COC(=O)c1ccccc1CN. The van der Waals surface area contributed by atoms with Gasteiger partial charge in [-0.1, -0.05) is 45.9 Å². The fraction of sp³-hybridized carbons (Fsp3) is 0.500. The van der Waals surface area contributed by atoms with Crippen molar-refractivity contribution in [2.45, 2.75) is 34.2 Å². The summed E-state index contributed by atoms with van der Waals surface area (Å²) >= 11 is 0. The molecule has 3 heteroatoms. The van der Waals surface area contributed by atoms with Gasteiger partial charge < -0.3 is 10.5 Å².